The number of ether oxygens (including phenoxy) is 2. The summed E-state index contributed by atoms with van der Waals surface area (Å²) in [5, 5.41) is 11.7. The molecule has 2 aromatic rings. The normalized spacial score (nSPS) is 10.1. The van der Waals surface area contributed by atoms with Crippen LogP contribution in [0.4, 0.5) is 0 Å². The summed E-state index contributed by atoms with van der Waals surface area (Å²) >= 11 is 0. The van der Waals surface area contributed by atoms with Crippen molar-refractivity contribution in [2.75, 3.05) is 20.3 Å². The van der Waals surface area contributed by atoms with Crippen LogP contribution in [-0.2, 0) is 11.2 Å². The van der Waals surface area contributed by atoms with E-state index in [1.165, 1.54) is 26.2 Å². The number of carbonyl (C=O) groups is 3. The third-order valence-electron chi connectivity index (χ3n) is 3.86. The molecule has 0 unspecified atom stereocenters. The Morgan fingerprint density at radius 1 is 1.07 bits per heavy atom. The molecule has 142 valence electrons. The Bertz CT molecular complexity index is 846. The fourth-order valence-corrected chi connectivity index (χ4v) is 2.43. The molecule has 0 saturated carbocycles. The summed E-state index contributed by atoms with van der Waals surface area (Å²) in [5.74, 6) is -0.499. The van der Waals surface area contributed by atoms with Crippen molar-refractivity contribution < 1.29 is 29.0 Å². The number of amides is 1. The van der Waals surface area contributed by atoms with E-state index >= 15 is 0 Å². The van der Waals surface area contributed by atoms with E-state index in [1.54, 1.807) is 30.3 Å². The smallest absolute Gasteiger partial charge is 0.335 e. The summed E-state index contributed by atoms with van der Waals surface area (Å²) in [6.45, 7) is 1.64. The van der Waals surface area contributed by atoms with Crippen LogP contribution in [0.2, 0.25) is 0 Å². The minimum atomic E-state index is -1.03. The lowest BCUT2D eigenvalue weighted by atomic mass is 10.1. The van der Waals surface area contributed by atoms with Gasteiger partial charge in [-0.25, -0.2) is 4.79 Å². The Morgan fingerprint density at radius 2 is 1.85 bits per heavy atom. The van der Waals surface area contributed by atoms with E-state index in [1.807, 2.05) is 0 Å². The number of nitrogens with one attached hydrogen (secondary N) is 1. The fraction of sp³-hybridized carbons (Fsp3) is 0.250. The molecular formula is C20H21NO6. The van der Waals surface area contributed by atoms with Crippen molar-refractivity contribution in [2.45, 2.75) is 13.3 Å². The second-order valence-electron chi connectivity index (χ2n) is 5.80. The minimum Gasteiger partial charge on any atom is -0.496 e. The third kappa shape index (κ3) is 5.85. The van der Waals surface area contributed by atoms with Gasteiger partial charge < -0.3 is 19.9 Å². The van der Waals surface area contributed by atoms with Gasteiger partial charge in [0.05, 0.1) is 12.7 Å². The molecule has 2 rings (SSSR count). The average Bonchev–Trinajstić information content (AvgIpc) is 2.66. The van der Waals surface area contributed by atoms with Crippen molar-refractivity contribution in [3.05, 3.63) is 59.2 Å². The Hall–Kier alpha value is -3.35. The molecule has 2 N–H and O–H groups in total. The molecule has 2 aromatic carbocycles. The summed E-state index contributed by atoms with van der Waals surface area (Å²) in [7, 11) is 1.46. The van der Waals surface area contributed by atoms with Gasteiger partial charge in [0, 0.05) is 12.1 Å². The van der Waals surface area contributed by atoms with Crippen molar-refractivity contribution in [3.63, 3.8) is 0 Å². The number of hydrogen-bond donors (Lipinski definition) is 2. The van der Waals surface area contributed by atoms with Gasteiger partial charge in [0.25, 0.3) is 5.91 Å². The second-order valence-corrected chi connectivity index (χ2v) is 5.80. The first-order valence-corrected chi connectivity index (χ1v) is 8.31. The number of benzene rings is 2. The SMILES string of the molecule is COc1cc(C(=O)O)ccc1CCNC(=O)COc1cccc(C(C)=O)c1. The predicted octanol–water partition coefficient (Wildman–Crippen LogP) is 2.33. The number of carboxylic acids is 1. The Morgan fingerprint density at radius 3 is 2.52 bits per heavy atom. The van der Waals surface area contributed by atoms with E-state index in [2.05, 4.69) is 5.32 Å². The van der Waals surface area contributed by atoms with Crippen molar-refractivity contribution in [2.24, 2.45) is 0 Å². The Balaban J connectivity index is 1.83. The standard InChI is InChI=1S/C20H21NO6/c1-13(22)15-4-3-5-17(10-15)27-12-19(23)21-9-8-14-6-7-16(20(24)25)11-18(14)26-2/h3-7,10-11H,8-9,12H2,1-2H3,(H,21,23)(H,24,25). The minimum absolute atomic E-state index is 0.0761. The molecule has 7 nitrogen and oxygen atoms in total. The second kappa shape index (κ2) is 9.38. The molecule has 0 bridgehead atoms. The molecule has 0 radical (unpaired) electrons. The predicted molar refractivity (Wildman–Crippen MR) is 98.6 cm³/mol. The van der Waals surface area contributed by atoms with E-state index in [9.17, 15) is 14.4 Å². The Kier molecular flexibility index (Phi) is 6.93. The molecule has 0 aliphatic carbocycles. The average molecular weight is 371 g/mol. The molecule has 1 amide bonds. The van der Waals surface area contributed by atoms with E-state index in [0.29, 0.717) is 30.0 Å². The number of rotatable bonds is 9. The van der Waals surface area contributed by atoms with Crippen LogP contribution in [0.1, 0.15) is 33.2 Å². The van der Waals surface area contributed by atoms with Gasteiger partial charge >= 0.3 is 5.97 Å². The maximum atomic E-state index is 11.9. The monoisotopic (exact) mass is 371 g/mol. The van der Waals surface area contributed by atoms with Crippen molar-refractivity contribution in [1.29, 1.82) is 0 Å². The van der Waals surface area contributed by atoms with Gasteiger partial charge in [-0.3, -0.25) is 9.59 Å². The molecule has 0 saturated heterocycles. The zero-order valence-corrected chi connectivity index (χ0v) is 15.2. The summed E-state index contributed by atoms with van der Waals surface area (Å²) in [4.78, 5) is 34.2. The molecular weight excluding hydrogens is 350 g/mol. The molecule has 0 spiro atoms. The van der Waals surface area contributed by atoms with E-state index in [-0.39, 0.29) is 23.9 Å². The van der Waals surface area contributed by atoms with Crippen LogP contribution in [-0.4, -0.2) is 43.0 Å². The van der Waals surface area contributed by atoms with Crippen LogP contribution in [0.15, 0.2) is 42.5 Å². The van der Waals surface area contributed by atoms with E-state index in [4.69, 9.17) is 14.6 Å². The number of hydrogen-bond acceptors (Lipinski definition) is 5. The summed E-state index contributed by atoms with van der Waals surface area (Å²) in [6.07, 6.45) is 0.481. The number of carbonyl (C=O) groups excluding carboxylic acids is 2. The molecule has 0 aliphatic rings. The van der Waals surface area contributed by atoms with Gasteiger partial charge in [-0.15, -0.1) is 0 Å². The van der Waals surface area contributed by atoms with Crippen LogP contribution in [0.5, 0.6) is 11.5 Å². The quantitative estimate of drug-likeness (QED) is 0.656. The highest BCUT2D eigenvalue weighted by molar-refractivity contribution is 5.94. The van der Waals surface area contributed by atoms with Crippen molar-refractivity contribution in [1.82, 2.24) is 5.32 Å². The largest absolute Gasteiger partial charge is 0.496 e. The molecule has 7 heteroatoms. The highest BCUT2D eigenvalue weighted by atomic mass is 16.5. The lowest BCUT2D eigenvalue weighted by Gasteiger charge is -2.11. The number of methoxy groups -OCH3 is 1. The highest BCUT2D eigenvalue weighted by Crippen LogP contribution is 2.20. The topological polar surface area (TPSA) is 102 Å². The van der Waals surface area contributed by atoms with Gasteiger partial charge in [0.1, 0.15) is 11.5 Å². The Labute approximate surface area is 156 Å². The van der Waals surface area contributed by atoms with Gasteiger partial charge in [-0.1, -0.05) is 18.2 Å². The van der Waals surface area contributed by atoms with Crippen molar-refractivity contribution >= 4 is 17.7 Å². The first-order chi connectivity index (χ1) is 12.9. The first kappa shape index (κ1) is 20.0. The van der Waals surface area contributed by atoms with Crippen LogP contribution in [0.3, 0.4) is 0 Å². The summed E-state index contributed by atoms with van der Waals surface area (Å²) in [6, 6.07) is 11.2. The first-order valence-electron chi connectivity index (χ1n) is 8.31. The van der Waals surface area contributed by atoms with Gasteiger partial charge in [0.2, 0.25) is 0 Å². The van der Waals surface area contributed by atoms with Crippen LogP contribution < -0.4 is 14.8 Å². The summed E-state index contributed by atoms with van der Waals surface area (Å²) in [5.41, 5.74) is 1.45. The molecule has 0 heterocycles. The maximum absolute atomic E-state index is 11.9. The fourth-order valence-electron chi connectivity index (χ4n) is 2.43. The summed E-state index contributed by atoms with van der Waals surface area (Å²) < 4.78 is 10.6. The molecule has 0 fully saturated rings. The van der Waals surface area contributed by atoms with Crippen molar-refractivity contribution in [3.8, 4) is 11.5 Å². The zero-order valence-electron chi connectivity index (χ0n) is 15.2. The zero-order chi connectivity index (χ0) is 19.8. The lowest BCUT2D eigenvalue weighted by molar-refractivity contribution is -0.123. The highest BCUT2D eigenvalue weighted by Gasteiger charge is 2.10. The number of Topliss-reactive ketones (excluding diaryl/α,β-unsaturated/α-hetero) is 1. The number of aromatic carboxylic acids is 1. The van der Waals surface area contributed by atoms with E-state index in [0.717, 1.165) is 5.56 Å². The molecule has 0 aromatic heterocycles. The van der Waals surface area contributed by atoms with Gasteiger partial charge in [-0.2, -0.15) is 0 Å². The number of carboxylic acid groups (broad SMARTS) is 1. The van der Waals surface area contributed by atoms with Gasteiger partial charge in [-0.05, 0) is 43.2 Å². The lowest BCUT2D eigenvalue weighted by Crippen LogP contribution is -2.30. The third-order valence-corrected chi connectivity index (χ3v) is 3.86. The van der Waals surface area contributed by atoms with Crippen LogP contribution in [0.25, 0.3) is 0 Å². The maximum Gasteiger partial charge on any atom is 0.335 e. The van der Waals surface area contributed by atoms with Crippen LogP contribution in [0, 0.1) is 0 Å². The number of ketones is 1. The van der Waals surface area contributed by atoms with Crippen LogP contribution >= 0.6 is 0 Å². The molecule has 0 atom stereocenters. The molecule has 0 aliphatic heterocycles. The van der Waals surface area contributed by atoms with E-state index < -0.39 is 5.97 Å². The van der Waals surface area contributed by atoms with Gasteiger partial charge in [0.15, 0.2) is 12.4 Å². The molecule has 27 heavy (non-hydrogen) atoms.